The molecule has 5 aromatic rings. The largest absolute Gasteiger partial charge is 0.465 e. The monoisotopic (exact) mass is 463 g/mol. The number of nitrogens with zero attached hydrogens (tertiary/aromatic N) is 2. The summed E-state index contributed by atoms with van der Waals surface area (Å²) in [6.45, 7) is 1.71. The van der Waals surface area contributed by atoms with Gasteiger partial charge in [0.25, 0.3) is 5.56 Å². The average molecular weight is 463 g/mol. The SMILES string of the molecule is C[C@@H](OC(=O)c1c2c(nc3ccccc13)/C(=C\c1ccco1)CC2)c1nc2ccccc2c(=O)[nH]1. The minimum absolute atomic E-state index is 0.267. The van der Waals surface area contributed by atoms with Gasteiger partial charge in [0.1, 0.15) is 5.76 Å². The summed E-state index contributed by atoms with van der Waals surface area (Å²) in [6, 6.07) is 18.4. The van der Waals surface area contributed by atoms with Crippen molar-refractivity contribution in [2.24, 2.45) is 0 Å². The molecule has 1 aliphatic carbocycles. The lowest BCUT2D eigenvalue weighted by Gasteiger charge is -2.16. The predicted molar refractivity (Wildman–Crippen MR) is 133 cm³/mol. The van der Waals surface area contributed by atoms with Gasteiger partial charge >= 0.3 is 5.97 Å². The Morgan fingerprint density at radius 2 is 1.74 bits per heavy atom. The van der Waals surface area contributed by atoms with Crippen LogP contribution in [0.4, 0.5) is 0 Å². The zero-order valence-electron chi connectivity index (χ0n) is 18.9. The Morgan fingerprint density at radius 3 is 2.51 bits per heavy atom. The van der Waals surface area contributed by atoms with Crippen molar-refractivity contribution in [2.75, 3.05) is 0 Å². The lowest BCUT2D eigenvalue weighted by Crippen LogP contribution is -2.18. The summed E-state index contributed by atoms with van der Waals surface area (Å²) < 4.78 is 11.3. The van der Waals surface area contributed by atoms with Crippen LogP contribution in [0.1, 0.15) is 52.6 Å². The molecule has 1 atom stereocenters. The van der Waals surface area contributed by atoms with Crippen molar-refractivity contribution in [3.63, 3.8) is 0 Å². The van der Waals surface area contributed by atoms with Crippen LogP contribution in [0.15, 0.2) is 76.1 Å². The first-order chi connectivity index (χ1) is 17.1. The molecule has 0 radical (unpaired) electrons. The third kappa shape index (κ3) is 3.71. The number of benzene rings is 2. The Hall–Kier alpha value is -4.52. The number of esters is 1. The van der Waals surface area contributed by atoms with Gasteiger partial charge in [0.05, 0.1) is 33.9 Å². The van der Waals surface area contributed by atoms with E-state index in [0.29, 0.717) is 28.7 Å². The summed E-state index contributed by atoms with van der Waals surface area (Å²) in [5.41, 5.74) is 4.17. The summed E-state index contributed by atoms with van der Waals surface area (Å²) in [7, 11) is 0. The fraction of sp³-hybridized carbons (Fsp3) is 0.143. The number of aromatic nitrogens is 3. The van der Waals surface area contributed by atoms with E-state index >= 15 is 0 Å². The van der Waals surface area contributed by atoms with Crippen molar-refractivity contribution in [3.05, 3.63) is 106 Å². The van der Waals surface area contributed by atoms with Crippen molar-refractivity contribution in [2.45, 2.75) is 25.9 Å². The van der Waals surface area contributed by atoms with Crippen LogP contribution >= 0.6 is 0 Å². The van der Waals surface area contributed by atoms with E-state index in [2.05, 4.69) is 9.97 Å². The highest BCUT2D eigenvalue weighted by Crippen LogP contribution is 2.38. The van der Waals surface area contributed by atoms with Crippen LogP contribution < -0.4 is 5.56 Å². The highest BCUT2D eigenvalue weighted by atomic mass is 16.5. The molecule has 6 rings (SSSR count). The van der Waals surface area contributed by atoms with Crippen LogP contribution in [0.2, 0.25) is 0 Å². The van der Waals surface area contributed by atoms with Crippen molar-refractivity contribution < 1.29 is 13.9 Å². The standard InChI is InChI=1S/C28H21N3O4/c1-16(26-30-23-11-5-3-9-20(23)27(32)31-26)35-28(33)24-19-8-2-4-10-22(19)29-25-17(12-13-21(24)25)15-18-7-6-14-34-18/h2-11,14-16H,12-13H2,1H3,(H,30,31,32)/b17-15-/t16-/m1/s1. The first kappa shape index (κ1) is 21.0. The molecule has 0 saturated heterocycles. The van der Waals surface area contributed by atoms with Crippen LogP contribution in [-0.2, 0) is 11.2 Å². The second-order valence-electron chi connectivity index (χ2n) is 8.53. The zero-order valence-corrected chi connectivity index (χ0v) is 18.9. The Kier molecular flexibility index (Phi) is 5.03. The van der Waals surface area contributed by atoms with E-state index in [1.807, 2.05) is 48.5 Å². The summed E-state index contributed by atoms with van der Waals surface area (Å²) >= 11 is 0. The molecule has 2 aromatic carbocycles. The average Bonchev–Trinajstić information content (AvgIpc) is 3.53. The molecule has 1 N–H and O–H groups in total. The number of pyridine rings is 1. The molecule has 7 heteroatoms. The molecule has 0 aliphatic heterocycles. The van der Waals surface area contributed by atoms with E-state index in [9.17, 15) is 9.59 Å². The molecular formula is C28H21N3O4. The smallest absolute Gasteiger partial charge is 0.339 e. The summed E-state index contributed by atoms with van der Waals surface area (Å²) in [5, 5.41) is 1.23. The number of hydrogen-bond acceptors (Lipinski definition) is 6. The molecule has 0 bridgehead atoms. The first-order valence-corrected chi connectivity index (χ1v) is 11.4. The number of aromatic amines is 1. The van der Waals surface area contributed by atoms with Gasteiger partial charge in [0.15, 0.2) is 11.9 Å². The van der Waals surface area contributed by atoms with E-state index < -0.39 is 12.1 Å². The van der Waals surface area contributed by atoms with Crippen LogP contribution in [0.25, 0.3) is 33.5 Å². The number of nitrogens with one attached hydrogen (secondary N) is 1. The van der Waals surface area contributed by atoms with Crippen LogP contribution in [0, 0.1) is 0 Å². The molecule has 3 aromatic heterocycles. The predicted octanol–water partition coefficient (Wildman–Crippen LogP) is 5.47. The normalized spacial score (nSPS) is 14.9. The van der Waals surface area contributed by atoms with E-state index in [0.717, 1.165) is 39.9 Å². The van der Waals surface area contributed by atoms with Crippen LogP contribution in [0.5, 0.6) is 0 Å². The molecule has 0 amide bonds. The highest BCUT2D eigenvalue weighted by Gasteiger charge is 2.29. The van der Waals surface area contributed by atoms with Crippen molar-refractivity contribution in [3.8, 4) is 0 Å². The third-order valence-electron chi connectivity index (χ3n) is 6.31. The van der Waals surface area contributed by atoms with Gasteiger partial charge in [0, 0.05) is 5.39 Å². The molecule has 3 heterocycles. The number of fused-ring (bicyclic) bond motifs is 3. The third-order valence-corrected chi connectivity index (χ3v) is 6.31. The number of hydrogen-bond donors (Lipinski definition) is 1. The van der Waals surface area contributed by atoms with Gasteiger partial charge in [-0.2, -0.15) is 0 Å². The van der Waals surface area contributed by atoms with Crippen molar-refractivity contribution >= 4 is 39.4 Å². The lowest BCUT2D eigenvalue weighted by molar-refractivity contribution is 0.0321. The maximum atomic E-state index is 13.6. The molecule has 7 nitrogen and oxygen atoms in total. The molecule has 0 fully saturated rings. The van der Waals surface area contributed by atoms with Crippen molar-refractivity contribution in [1.82, 2.24) is 15.0 Å². The van der Waals surface area contributed by atoms with Gasteiger partial charge < -0.3 is 14.1 Å². The molecule has 0 unspecified atom stereocenters. The maximum Gasteiger partial charge on any atom is 0.339 e. The molecular weight excluding hydrogens is 442 g/mol. The topological polar surface area (TPSA) is 98.1 Å². The summed E-state index contributed by atoms with van der Waals surface area (Å²) in [6.07, 6.45) is 4.26. The molecule has 0 spiro atoms. The second kappa shape index (κ2) is 8.36. The lowest BCUT2D eigenvalue weighted by atomic mass is 10.0. The number of para-hydroxylation sites is 2. The number of ether oxygens (including phenoxy) is 1. The van der Waals surface area contributed by atoms with Crippen LogP contribution in [-0.4, -0.2) is 20.9 Å². The van der Waals surface area contributed by atoms with Crippen molar-refractivity contribution in [1.29, 1.82) is 0 Å². The fourth-order valence-corrected chi connectivity index (χ4v) is 4.63. The minimum atomic E-state index is -0.748. The van der Waals surface area contributed by atoms with Crippen LogP contribution in [0.3, 0.4) is 0 Å². The zero-order chi connectivity index (χ0) is 23.9. The summed E-state index contributed by atoms with van der Waals surface area (Å²) in [5.74, 6) is 0.574. The van der Waals surface area contributed by atoms with E-state index in [1.54, 1.807) is 31.4 Å². The number of rotatable bonds is 4. The minimum Gasteiger partial charge on any atom is -0.465 e. The van der Waals surface area contributed by atoms with E-state index in [4.69, 9.17) is 14.1 Å². The quantitative estimate of drug-likeness (QED) is 0.355. The second-order valence-corrected chi connectivity index (χ2v) is 8.53. The Balaban J connectivity index is 1.41. The molecule has 1 aliphatic rings. The maximum absolute atomic E-state index is 13.6. The first-order valence-electron chi connectivity index (χ1n) is 11.4. The van der Waals surface area contributed by atoms with E-state index in [-0.39, 0.29) is 5.56 Å². The van der Waals surface area contributed by atoms with Gasteiger partial charge in [-0.15, -0.1) is 0 Å². The number of allylic oxidation sites excluding steroid dienone is 1. The Bertz CT molecular complexity index is 1680. The molecule has 172 valence electrons. The van der Waals surface area contributed by atoms with Gasteiger partial charge in [-0.25, -0.2) is 14.8 Å². The van der Waals surface area contributed by atoms with Gasteiger partial charge in [0.2, 0.25) is 0 Å². The summed E-state index contributed by atoms with van der Waals surface area (Å²) in [4.78, 5) is 38.2. The van der Waals surface area contributed by atoms with Gasteiger partial charge in [-0.3, -0.25) is 4.79 Å². The molecule has 35 heavy (non-hydrogen) atoms. The fourth-order valence-electron chi connectivity index (χ4n) is 4.63. The molecule has 0 saturated carbocycles. The number of carbonyl (C=O) groups excluding carboxylic acids is 1. The Morgan fingerprint density at radius 1 is 1.00 bits per heavy atom. The van der Waals surface area contributed by atoms with Gasteiger partial charge in [-0.1, -0.05) is 30.3 Å². The van der Waals surface area contributed by atoms with E-state index in [1.165, 1.54) is 0 Å². The number of furan rings is 1. The number of carbonyl (C=O) groups is 1. The van der Waals surface area contributed by atoms with Gasteiger partial charge in [-0.05, 0) is 67.3 Å². The highest BCUT2D eigenvalue weighted by molar-refractivity contribution is 6.07. The number of H-pyrrole nitrogens is 1. The Labute approximate surface area is 200 Å².